The Kier molecular flexibility index (Phi) is 3.75. The molecule has 0 saturated heterocycles. The Morgan fingerprint density at radius 3 is 2.69 bits per heavy atom. The average molecular weight is 245 g/mol. The summed E-state index contributed by atoms with van der Waals surface area (Å²) in [6.45, 7) is 2.13. The number of aliphatic hydroxyl groups is 1. The monoisotopic (exact) mass is 244 g/mol. The molecule has 0 unspecified atom stereocenters. The molecule has 0 aliphatic rings. The Morgan fingerprint density at radius 2 is 2.15 bits per heavy atom. The van der Waals surface area contributed by atoms with Gasteiger partial charge in [-0.2, -0.15) is 0 Å². The predicted molar refractivity (Wildman–Crippen MR) is 56.2 cm³/mol. The van der Waals surface area contributed by atoms with Gasteiger partial charge in [0, 0.05) is 23.1 Å². The lowest BCUT2D eigenvalue weighted by atomic mass is 10.1. The molecule has 0 aliphatic heterocycles. The van der Waals surface area contributed by atoms with Crippen molar-refractivity contribution in [3.63, 3.8) is 0 Å². The SMILES string of the molecule is COc1c(C)ccc(Br)c1CCO. The Bertz CT molecular complexity index is 297. The van der Waals surface area contributed by atoms with Crippen LogP contribution in [0.3, 0.4) is 0 Å². The summed E-state index contributed by atoms with van der Waals surface area (Å²) in [5, 5.41) is 8.88. The second kappa shape index (κ2) is 4.63. The van der Waals surface area contributed by atoms with Crippen LogP contribution >= 0.6 is 15.9 Å². The summed E-state index contributed by atoms with van der Waals surface area (Å²) in [6, 6.07) is 3.96. The Balaban J connectivity index is 3.18. The quantitative estimate of drug-likeness (QED) is 0.885. The number of hydrogen-bond acceptors (Lipinski definition) is 2. The van der Waals surface area contributed by atoms with Crippen molar-refractivity contribution in [3.8, 4) is 5.75 Å². The van der Waals surface area contributed by atoms with Gasteiger partial charge in [-0.1, -0.05) is 22.0 Å². The van der Waals surface area contributed by atoms with E-state index in [1.54, 1.807) is 7.11 Å². The first-order chi connectivity index (χ1) is 6.20. The molecule has 0 saturated carbocycles. The van der Waals surface area contributed by atoms with Gasteiger partial charge in [-0.25, -0.2) is 0 Å². The second-order valence-electron chi connectivity index (χ2n) is 2.85. The normalized spacial score (nSPS) is 10.2. The molecule has 0 amide bonds. The third kappa shape index (κ3) is 2.23. The lowest BCUT2D eigenvalue weighted by Crippen LogP contribution is -1.98. The maximum absolute atomic E-state index is 8.88. The first-order valence-electron chi connectivity index (χ1n) is 4.13. The number of halogens is 1. The number of benzene rings is 1. The highest BCUT2D eigenvalue weighted by Gasteiger charge is 2.09. The minimum atomic E-state index is 0.137. The van der Waals surface area contributed by atoms with Crippen LogP contribution in [0.5, 0.6) is 5.75 Å². The molecule has 3 heteroatoms. The van der Waals surface area contributed by atoms with E-state index in [2.05, 4.69) is 15.9 Å². The molecular weight excluding hydrogens is 232 g/mol. The van der Waals surface area contributed by atoms with Gasteiger partial charge in [0.05, 0.1) is 7.11 Å². The molecule has 0 bridgehead atoms. The molecule has 0 radical (unpaired) electrons. The smallest absolute Gasteiger partial charge is 0.126 e. The lowest BCUT2D eigenvalue weighted by molar-refractivity contribution is 0.296. The van der Waals surface area contributed by atoms with Crippen molar-refractivity contribution in [1.29, 1.82) is 0 Å². The van der Waals surface area contributed by atoms with Crippen molar-refractivity contribution in [3.05, 3.63) is 27.7 Å². The highest BCUT2D eigenvalue weighted by atomic mass is 79.9. The molecule has 72 valence electrons. The van der Waals surface area contributed by atoms with Crippen molar-refractivity contribution in [2.75, 3.05) is 13.7 Å². The fourth-order valence-corrected chi connectivity index (χ4v) is 1.86. The van der Waals surface area contributed by atoms with Crippen LogP contribution in [-0.4, -0.2) is 18.8 Å². The van der Waals surface area contributed by atoms with Crippen LogP contribution in [0.2, 0.25) is 0 Å². The van der Waals surface area contributed by atoms with E-state index in [4.69, 9.17) is 9.84 Å². The zero-order valence-electron chi connectivity index (χ0n) is 7.80. The molecule has 0 aliphatic carbocycles. The standard InChI is InChI=1S/C10H13BrO2/c1-7-3-4-9(11)8(5-6-12)10(7)13-2/h3-4,12H,5-6H2,1-2H3. The van der Waals surface area contributed by atoms with E-state index in [9.17, 15) is 0 Å². The number of ether oxygens (including phenoxy) is 1. The fourth-order valence-electron chi connectivity index (χ4n) is 1.35. The van der Waals surface area contributed by atoms with Gasteiger partial charge in [-0.05, 0) is 18.6 Å². The van der Waals surface area contributed by atoms with Gasteiger partial charge in [0.2, 0.25) is 0 Å². The molecule has 1 aromatic rings. The third-order valence-corrected chi connectivity index (χ3v) is 2.71. The predicted octanol–water partition coefficient (Wildman–Crippen LogP) is 2.30. The zero-order chi connectivity index (χ0) is 9.84. The van der Waals surface area contributed by atoms with Crippen LogP contribution in [-0.2, 0) is 6.42 Å². The second-order valence-corrected chi connectivity index (χ2v) is 3.70. The van der Waals surface area contributed by atoms with Gasteiger partial charge in [0.25, 0.3) is 0 Å². The lowest BCUT2D eigenvalue weighted by Gasteiger charge is -2.12. The number of methoxy groups -OCH3 is 1. The van der Waals surface area contributed by atoms with Crippen molar-refractivity contribution < 1.29 is 9.84 Å². The molecule has 1 rings (SSSR count). The van der Waals surface area contributed by atoms with Crippen molar-refractivity contribution in [1.82, 2.24) is 0 Å². The number of aliphatic hydroxyl groups excluding tert-OH is 1. The van der Waals surface area contributed by atoms with Crippen molar-refractivity contribution in [2.24, 2.45) is 0 Å². The maximum atomic E-state index is 8.88. The molecule has 0 aromatic heterocycles. The number of hydrogen-bond donors (Lipinski definition) is 1. The average Bonchev–Trinajstić information content (AvgIpc) is 2.12. The Morgan fingerprint density at radius 1 is 1.46 bits per heavy atom. The minimum Gasteiger partial charge on any atom is -0.496 e. The van der Waals surface area contributed by atoms with Gasteiger partial charge in [-0.3, -0.25) is 0 Å². The van der Waals surface area contributed by atoms with Crippen LogP contribution in [0.1, 0.15) is 11.1 Å². The van der Waals surface area contributed by atoms with Crippen molar-refractivity contribution >= 4 is 15.9 Å². The summed E-state index contributed by atoms with van der Waals surface area (Å²) in [4.78, 5) is 0. The van der Waals surface area contributed by atoms with E-state index < -0.39 is 0 Å². The molecule has 0 fully saturated rings. The zero-order valence-corrected chi connectivity index (χ0v) is 9.39. The Hall–Kier alpha value is -0.540. The largest absolute Gasteiger partial charge is 0.496 e. The highest BCUT2D eigenvalue weighted by Crippen LogP contribution is 2.30. The molecule has 1 N–H and O–H groups in total. The van der Waals surface area contributed by atoms with Gasteiger partial charge in [0.15, 0.2) is 0 Å². The number of rotatable bonds is 3. The molecule has 1 aromatic carbocycles. The molecule has 2 nitrogen and oxygen atoms in total. The summed E-state index contributed by atoms with van der Waals surface area (Å²) in [5.41, 5.74) is 2.12. The van der Waals surface area contributed by atoms with E-state index in [0.717, 1.165) is 21.3 Å². The van der Waals surface area contributed by atoms with E-state index in [1.165, 1.54) is 0 Å². The highest BCUT2D eigenvalue weighted by molar-refractivity contribution is 9.10. The molecule has 0 atom stereocenters. The van der Waals surface area contributed by atoms with E-state index in [0.29, 0.717) is 6.42 Å². The fraction of sp³-hybridized carbons (Fsp3) is 0.400. The molecular formula is C10H13BrO2. The first-order valence-corrected chi connectivity index (χ1v) is 4.92. The molecule has 0 heterocycles. The topological polar surface area (TPSA) is 29.5 Å². The van der Waals surface area contributed by atoms with Gasteiger partial charge >= 0.3 is 0 Å². The van der Waals surface area contributed by atoms with Crippen LogP contribution in [0.25, 0.3) is 0 Å². The van der Waals surface area contributed by atoms with Crippen LogP contribution in [0, 0.1) is 6.92 Å². The summed E-state index contributed by atoms with van der Waals surface area (Å²) in [5.74, 6) is 0.864. The van der Waals surface area contributed by atoms with Crippen LogP contribution in [0.15, 0.2) is 16.6 Å². The minimum absolute atomic E-state index is 0.137. The van der Waals surface area contributed by atoms with E-state index >= 15 is 0 Å². The Labute approximate surface area is 86.7 Å². The summed E-state index contributed by atoms with van der Waals surface area (Å²) < 4.78 is 6.26. The summed E-state index contributed by atoms with van der Waals surface area (Å²) in [6.07, 6.45) is 0.617. The first kappa shape index (κ1) is 10.5. The van der Waals surface area contributed by atoms with Crippen molar-refractivity contribution in [2.45, 2.75) is 13.3 Å². The summed E-state index contributed by atoms with van der Waals surface area (Å²) in [7, 11) is 1.65. The van der Waals surface area contributed by atoms with E-state index in [1.807, 2.05) is 19.1 Å². The van der Waals surface area contributed by atoms with Gasteiger partial charge in [-0.15, -0.1) is 0 Å². The van der Waals surface area contributed by atoms with Crippen LogP contribution < -0.4 is 4.74 Å². The molecule has 13 heavy (non-hydrogen) atoms. The summed E-state index contributed by atoms with van der Waals surface area (Å²) >= 11 is 3.43. The maximum Gasteiger partial charge on any atom is 0.126 e. The third-order valence-electron chi connectivity index (χ3n) is 1.97. The van der Waals surface area contributed by atoms with Gasteiger partial charge < -0.3 is 9.84 Å². The van der Waals surface area contributed by atoms with E-state index in [-0.39, 0.29) is 6.61 Å². The van der Waals surface area contributed by atoms with Crippen LogP contribution in [0.4, 0.5) is 0 Å². The van der Waals surface area contributed by atoms with Gasteiger partial charge in [0.1, 0.15) is 5.75 Å². The molecule has 0 spiro atoms. The number of aryl methyl sites for hydroxylation is 1.